The molecule has 0 saturated heterocycles. The number of imide groups is 1. The highest BCUT2D eigenvalue weighted by Crippen LogP contribution is 2.33. The van der Waals surface area contributed by atoms with Crippen molar-refractivity contribution in [3.8, 4) is 0 Å². The smallest absolute Gasteiger partial charge is 0.278 e. The zero-order chi connectivity index (χ0) is 21.8. The maximum absolute atomic E-state index is 13.3. The molecule has 1 N–H and O–H groups in total. The van der Waals surface area contributed by atoms with E-state index in [2.05, 4.69) is 5.32 Å². The van der Waals surface area contributed by atoms with Crippen molar-refractivity contribution in [1.29, 1.82) is 0 Å². The first-order valence-electron chi connectivity index (χ1n) is 10.4. The first-order chi connectivity index (χ1) is 14.3. The van der Waals surface area contributed by atoms with Gasteiger partial charge in [-0.15, -0.1) is 0 Å². The van der Waals surface area contributed by atoms with E-state index in [0.29, 0.717) is 37.4 Å². The molecule has 158 valence electrons. The maximum atomic E-state index is 13.3. The number of nitrogens with zero attached hydrogens (tertiary/aromatic N) is 1. The van der Waals surface area contributed by atoms with Crippen LogP contribution in [0.2, 0.25) is 0 Å². The normalized spacial score (nSPS) is 14.1. The van der Waals surface area contributed by atoms with E-state index in [4.69, 9.17) is 4.74 Å². The zero-order valence-corrected chi connectivity index (χ0v) is 18.5. The number of hydrogen-bond donors (Lipinski definition) is 1. The van der Waals surface area contributed by atoms with Crippen LogP contribution in [0.25, 0.3) is 5.57 Å². The predicted molar refractivity (Wildman–Crippen MR) is 120 cm³/mol. The van der Waals surface area contributed by atoms with E-state index in [-0.39, 0.29) is 11.8 Å². The Hall–Kier alpha value is -2.92. The van der Waals surface area contributed by atoms with Gasteiger partial charge in [-0.05, 0) is 69.4 Å². The van der Waals surface area contributed by atoms with Gasteiger partial charge in [0.25, 0.3) is 11.8 Å². The van der Waals surface area contributed by atoms with Crippen molar-refractivity contribution in [2.24, 2.45) is 0 Å². The topological polar surface area (TPSA) is 58.6 Å². The average molecular weight is 407 g/mol. The Morgan fingerprint density at radius 2 is 1.60 bits per heavy atom. The largest absolute Gasteiger partial charge is 0.382 e. The first kappa shape index (κ1) is 21.8. The molecule has 5 heteroatoms. The van der Waals surface area contributed by atoms with Gasteiger partial charge in [0, 0.05) is 25.4 Å². The molecule has 0 bridgehead atoms. The highest BCUT2D eigenvalue weighted by atomic mass is 16.5. The summed E-state index contributed by atoms with van der Waals surface area (Å²) in [4.78, 5) is 28.0. The Balaban J connectivity index is 2.03. The van der Waals surface area contributed by atoms with Crippen LogP contribution >= 0.6 is 0 Å². The predicted octanol–water partition coefficient (Wildman–Crippen LogP) is 4.54. The minimum absolute atomic E-state index is 0.253. The van der Waals surface area contributed by atoms with Gasteiger partial charge in [-0.2, -0.15) is 0 Å². The Bertz CT molecular complexity index is 1010. The van der Waals surface area contributed by atoms with Crippen LogP contribution < -0.4 is 5.32 Å². The quantitative estimate of drug-likeness (QED) is 0.517. The molecule has 0 unspecified atom stereocenters. The summed E-state index contributed by atoms with van der Waals surface area (Å²) in [6.07, 6.45) is 0.613. The molecule has 2 aromatic rings. The molecule has 0 aromatic heterocycles. The van der Waals surface area contributed by atoms with Crippen molar-refractivity contribution >= 4 is 23.1 Å². The number of anilines is 1. The lowest BCUT2D eigenvalue weighted by Crippen LogP contribution is -2.34. The molecule has 0 radical (unpaired) electrons. The van der Waals surface area contributed by atoms with Crippen LogP contribution in [0.3, 0.4) is 0 Å². The Labute approximate surface area is 178 Å². The third-order valence-electron chi connectivity index (χ3n) is 5.35. The second-order valence-corrected chi connectivity index (χ2v) is 7.82. The average Bonchev–Trinajstić information content (AvgIpc) is 2.92. The van der Waals surface area contributed by atoms with Gasteiger partial charge in [-0.3, -0.25) is 14.5 Å². The van der Waals surface area contributed by atoms with E-state index in [0.717, 1.165) is 33.5 Å². The monoisotopic (exact) mass is 406 g/mol. The Kier molecular flexibility index (Phi) is 6.73. The molecular formula is C25H30N2O3. The first-order valence-corrected chi connectivity index (χ1v) is 10.4. The van der Waals surface area contributed by atoms with E-state index in [1.807, 2.05) is 71.0 Å². The van der Waals surface area contributed by atoms with Crippen LogP contribution in [0, 0.1) is 27.7 Å². The number of rotatable bonds is 8. The van der Waals surface area contributed by atoms with Gasteiger partial charge in [0.15, 0.2) is 0 Å². The molecule has 5 nitrogen and oxygen atoms in total. The molecule has 1 aliphatic rings. The number of carbonyl (C=O) groups excluding carboxylic acids is 2. The van der Waals surface area contributed by atoms with Crippen molar-refractivity contribution in [3.05, 3.63) is 69.9 Å². The lowest BCUT2D eigenvalue weighted by atomic mass is 9.97. The van der Waals surface area contributed by atoms with Gasteiger partial charge in [-0.1, -0.05) is 35.9 Å². The summed E-state index contributed by atoms with van der Waals surface area (Å²) >= 11 is 0. The van der Waals surface area contributed by atoms with E-state index < -0.39 is 0 Å². The lowest BCUT2D eigenvalue weighted by molar-refractivity contribution is -0.137. The van der Waals surface area contributed by atoms with Crippen molar-refractivity contribution < 1.29 is 14.3 Å². The number of ether oxygens (including phenoxy) is 1. The molecule has 0 spiro atoms. The molecule has 2 amide bonds. The van der Waals surface area contributed by atoms with Gasteiger partial charge in [0.05, 0.1) is 5.57 Å². The number of benzene rings is 2. The fraction of sp³-hybridized carbons (Fsp3) is 0.360. The lowest BCUT2D eigenvalue weighted by Gasteiger charge is -2.15. The van der Waals surface area contributed by atoms with Crippen molar-refractivity contribution in [3.63, 3.8) is 0 Å². The minimum atomic E-state index is -0.285. The number of nitrogens with one attached hydrogen (secondary N) is 1. The summed E-state index contributed by atoms with van der Waals surface area (Å²) in [5.74, 6) is -0.538. The van der Waals surface area contributed by atoms with E-state index in [1.165, 1.54) is 4.90 Å². The summed E-state index contributed by atoms with van der Waals surface area (Å²) in [5.41, 5.74) is 6.61. The summed E-state index contributed by atoms with van der Waals surface area (Å²) in [6, 6.07) is 12.0. The Morgan fingerprint density at radius 3 is 2.30 bits per heavy atom. The number of aryl methyl sites for hydroxylation is 4. The molecule has 30 heavy (non-hydrogen) atoms. The summed E-state index contributed by atoms with van der Waals surface area (Å²) < 4.78 is 5.38. The summed E-state index contributed by atoms with van der Waals surface area (Å²) in [7, 11) is 0. The Morgan fingerprint density at radius 1 is 0.900 bits per heavy atom. The molecule has 1 aliphatic heterocycles. The fourth-order valence-corrected chi connectivity index (χ4v) is 3.71. The van der Waals surface area contributed by atoms with E-state index in [1.54, 1.807) is 0 Å². The van der Waals surface area contributed by atoms with Crippen LogP contribution in [-0.2, 0) is 14.3 Å². The highest BCUT2D eigenvalue weighted by Gasteiger charge is 2.39. The molecule has 0 atom stereocenters. The summed E-state index contributed by atoms with van der Waals surface area (Å²) in [6.45, 7) is 11.4. The molecule has 3 rings (SSSR count). The van der Waals surface area contributed by atoms with Crippen LogP contribution in [-0.4, -0.2) is 36.5 Å². The van der Waals surface area contributed by atoms with Crippen molar-refractivity contribution in [2.75, 3.05) is 25.1 Å². The van der Waals surface area contributed by atoms with Gasteiger partial charge in [0.2, 0.25) is 0 Å². The van der Waals surface area contributed by atoms with Crippen molar-refractivity contribution in [1.82, 2.24) is 4.90 Å². The molecule has 1 heterocycles. The van der Waals surface area contributed by atoms with Crippen LogP contribution in [0.15, 0.2) is 42.1 Å². The molecule has 0 aliphatic carbocycles. The van der Waals surface area contributed by atoms with Crippen LogP contribution in [0.5, 0.6) is 0 Å². The minimum Gasteiger partial charge on any atom is -0.382 e. The van der Waals surface area contributed by atoms with E-state index in [9.17, 15) is 9.59 Å². The molecular weight excluding hydrogens is 376 g/mol. The summed E-state index contributed by atoms with van der Waals surface area (Å²) in [5, 5.41) is 3.29. The van der Waals surface area contributed by atoms with Crippen LogP contribution in [0.1, 0.15) is 41.2 Å². The molecule has 0 saturated carbocycles. The highest BCUT2D eigenvalue weighted by molar-refractivity contribution is 6.36. The van der Waals surface area contributed by atoms with Gasteiger partial charge in [-0.25, -0.2) is 0 Å². The third kappa shape index (κ3) is 4.46. The number of hydrogen-bond acceptors (Lipinski definition) is 4. The van der Waals surface area contributed by atoms with Gasteiger partial charge >= 0.3 is 0 Å². The maximum Gasteiger partial charge on any atom is 0.278 e. The third-order valence-corrected chi connectivity index (χ3v) is 5.35. The fourth-order valence-electron chi connectivity index (χ4n) is 3.71. The van der Waals surface area contributed by atoms with Crippen molar-refractivity contribution in [2.45, 2.75) is 41.0 Å². The van der Waals surface area contributed by atoms with E-state index >= 15 is 0 Å². The molecule has 0 fully saturated rings. The number of amides is 2. The van der Waals surface area contributed by atoms with Gasteiger partial charge in [0.1, 0.15) is 5.70 Å². The second-order valence-electron chi connectivity index (χ2n) is 7.82. The molecule has 2 aromatic carbocycles. The zero-order valence-electron chi connectivity index (χ0n) is 18.5. The SMILES string of the molecule is CCOCCCN1C(=O)C(Nc2cc(C)ccc2C)=C(c2ccc(C)cc2C)C1=O. The number of carbonyl (C=O) groups is 2. The standard InChI is InChI=1S/C25H30N2O3/c1-6-30-13-7-12-27-24(28)22(20-11-9-16(2)14-19(20)5)23(25(27)29)26-21-15-17(3)8-10-18(21)4/h8-11,14-15,26H,6-7,12-13H2,1-5H3. The van der Waals surface area contributed by atoms with Gasteiger partial charge < -0.3 is 10.1 Å². The van der Waals surface area contributed by atoms with Crippen LogP contribution in [0.4, 0.5) is 5.69 Å². The second kappa shape index (κ2) is 9.26.